The van der Waals surface area contributed by atoms with Gasteiger partial charge >= 0.3 is 0 Å². The molecule has 0 atom stereocenters. The predicted octanol–water partition coefficient (Wildman–Crippen LogP) is 3.86. The van der Waals surface area contributed by atoms with E-state index in [2.05, 4.69) is 15.9 Å². The Kier molecular flexibility index (Phi) is 5.17. The molecule has 0 bridgehead atoms. The topological polar surface area (TPSA) is 43.1 Å². The molecule has 0 aliphatic heterocycles. The van der Waals surface area contributed by atoms with Crippen LogP contribution in [-0.2, 0) is 11.2 Å². The molecule has 0 aromatic heterocycles. The minimum absolute atomic E-state index is 0.0880. The summed E-state index contributed by atoms with van der Waals surface area (Å²) in [5.41, 5.74) is 7.12. The number of carbonyl (C=O) groups is 1. The van der Waals surface area contributed by atoms with E-state index in [4.69, 9.17) is 5.73 Å². The molecule has 1 aliphatic carbocycles. The van der Waals surface area contributed by atoms with Crippen LogP contribution in [0.4, 0.5) is 0 Å². The quantitative estimate of drug-likeness (QED) is 0.894. The lowest BCUT2D eigenvalue weighted by Crippen LogP contribution is -2.35. The largest absolute Gasteiger partial charge is 0.330 e. The molecule has 2 rings (SSSR count). The van der Waals surface area contributed by atoms with Crippen LogP contribution in [0.3, 0.4) is 0 Å². The van der Waals surface area contributed by atoms with Crippen LogP contribution in [0.5, 0.6) is 0 Å². The molecule has 0 amide bonds. The lowest BCUT2D eigenvalue weighted by atomic mass is 9.70. The molecule has 2 N–H and O–H groups in total. The van der Waals surface area contributed by atoms with Crippen molar-refractivity contribution in [1.82, 2.24) is 0 Å². The first-order valence-electron chi connectivity index (χ1n) is 7.10. The zero-order valence-corrected chi connectivity index (χ0v) is 12.9. The Hall–Kier alpha value is -0.670. The first-order chi connectivity index (χ1) is 9.13. The second kappa shape index (κ2) is 6.67. The van der Waals surface area contributed by atoms with E-state index in [-0.39, 0.29) is 5.41 Å². The summed E-state index contributed by atoms with van der Waals surface area (Å²) < 4.78 is 1.05. The number of hydrogen-bond acceptors (Lipinski definition) is 2. The fraction of sp³-hybridized carbons (Fsp3) is 0.562. The van der Waals surface area contributed by atoms with E-state index < -0.39 is 0 Å². The number of nitrogens with two attached hydrogens (primary N) is 1. The van der Waals surface area contributed by atoms with Gasteiger partial charge in [0.15, 0.2) is 0 Å². The first kappa shape index (κ1) is 14.7. The van der Waals surface area contributed by atoms with E-state index in [0.29, 0.717) is 25.2 Å². The van der Waals surface area contributed by atoms with Gasteiger partial charge in [0, 0.05) is 17.3 Å². The Morgan fingerprint density at radius 3 is 2.37 bits per heavy atom. The zero-order chi connectivity index (χ0) is 13.7. The molecule has 104 valence electrons. The van der Waals surface area contributed by atoms with Crippen LogP contribution in [0.15, 0.2) is 28.7 Å². The Labute approximate surface area is 123 Å². The minimum atomic E-state index is 0.0880. The highest BCUT2D eigenvalue weighted by Crippen LogP contribution is 2.38. The molecule has 1 aromatic rings. The Morgan fingerprint density at radius 2 is 1.79 bits per heavy atom. The van der Waals surface area contributed by atoms with Gasteiger partial charge in [0.1, 0.15) is 5.78 Å². The number of carbonyl (C=O) groups excluding carboxylic acids is 1. The highest BCUT2D eigenvalue weighted by molar-refractivity contribution is 9.10. The minimum Gasteiger partial charge on any atom is -0.330 e. The lowest BCUT2D eigenvalue weighted by molar-refractivity contribution is -0.121. The van der Waals surface area contributed by atoms with Gasteiger partial charge in [-0.3, -0.25) is 4.79 Å². The maximum atomic E-state index is 12.3. The summed E-state index contributed by atoms with van der Waals surface area (Å²) in [5.74, 6) is 0.328. The van der Waals surface area contributed by atoms with Crippen LogP contribution >= 0.6 is 15.9 Å². The van der Waals surface area contributed by atoms with Crippen molar-refractivity contribution in [3.8, 4) is 0 Å². The fourth-order valence-electron chi connectivity index (χ4n) is 3.07. The fourth-order valence-corrected chi connectivity index (χ4v) is 3.33. The molecule has 2 nitrogen and oxygen atoms in total. The maximum Gasteiger partial charge on any atom is 0.137 e. The second-order valence-electron chi connectivity index (χ2n) is 5.78. The van der Waals surface area contributed by atoms with Crippen LogP contribution < -0.4 is 5.73 Å². The third kappa shape index (κ3) is 4.15. The van der Waals surface area contributed by atoms with Crippen LogP contribution in [0, 0.1) is 5.41 Å². The second-order valence-corrected chi connectivity index (χ2v) is 6.70. The van der Waals surface area contributed by atoms with Crippen LogP contribution in [-0.4, -0.2) is 12.3 Å². The Morgan fingerprint density at radius 1 is 1.16 bits per heavy atom. The molecule has 0 radical (unpaired) electrons. The number of rotatable bonds is 5. The summed E-state index contributed by atoms with van der Waals surface area (Å²) in [6.45, 7) is 0.652. The summed E-state index contributed by atoms with van der Waals surface area (Å²) in [6, 6.07) is 8.00. The van der Waals surface area contributed by atoms with Crippen molar-refractivity contribution in [2.24, 2.45) is 11.1 Å². The van der Waals surface area contributed by atoms with Gasteiger partial charge in [-0.25, -0.2) is 0 Å². The van der Waals surface area contributed by atoms with Crippen LogP contribution in [0.25, 0.3) is 0 Å². The average Bonchev–Trinajstić information content (AvgIpc) is 2.42. The van der Waals surface area contributed by atoms with Gasteiger partial charge in [0.2, 0.25) is 0 Å². The summed E-state index contributed by atoms with van der Waals surface area (Å²) in [5, 5.41) is 0. The first-order valence-corrected chi connectivity index (χ1v) is 7.89. The summed E-state index contributed by atoms with van der Waals surface area (Å²) >= 11 is 3.41. The van der Waals surface area contributed by atoms with Crippen molar-refractivity contribution in [2.75, 3.05) is 6.54 Å². The van der Waals surface area contributed by atoms with Crippen LogP contribution in [0.2, 0.25) is 0 Å². The molecular weight excluding hydrogens is 302 g/mol. The van der Waals surface area contributed by atoms with Crippen molar-refractivity contribution < 1.29 is 4.79 Å². The van der Waals surface area contributed by atoms with Gasteiger partial charge < -0.3 is 5.73 Å². The summed E-state index contributed by atoms with van der Waals surface area (Å²) in [4.78, 5) is 12.3. The Bertz CT molecular complexity index is 421. The molecule has 0 heterocycles. The third-order valence-corrected chi connectivity index (χ3v) is 4.76. The SMILES string of the molecule is NCC1(CC(=O)Cc2ccc(Br)cc2)CCCCC1. The van der Waals surface area contributed by atoms with Crippen molar-refractivity contribution in [1.29, 1.82) is 0 Å². The highest BCUT2D eigenvalue weighted by Gasteiger charge is 2.32. The van der Waals surface area contributed by atoms with Gasteiger partial charge in [0.05, 0.1) is 0 Å². The number of halogens is 1. The third-order valence-electron chi connectivity index (χ3n) is 4.23. The smallest absolute Gasteiger partial charge is 0.137 e. The molecule has 1 aliphatic rings. The molecular formula is C16H22BrNO. The van der Waals surface area contributed by atoms with Crippen molar-refractivity contribution in [3.05, 3.63) is 34.3 Å². The summed E-state index contributed by atoms with van der Waals surface area (Å²) in [7, 11) is 0. The molecule has 1 saturated carbocycles. The number of ketones is 1. The molecule has 0 spiro atoms. The monoisotopic (exact) mass is 323 g/mol. The number of Topliss-reactive ketones (excluding diaryl/α,β-unsaturated/α-hetero) is 1. The maximum absolute atomic E-state index is 12.3. The van der Waals surface area contributed by atoms with Crippen molar-refractivity contribution in [3.63, 3.8) is 0 Å². The van der Waals surface area contributed by atoms with E-state index in [9.17, 15) is 4.79 Å². The van der Waals surface area contributed by atoms with E-state index in [1.54, 1.807) is 0 Å². The number of hydrogen-bond donors (Lipinski definition) is 1. The molecule has 19 heavy (non-hydrogen) atoms. The van der Waals surface area contributed by atoms with Crippen LogP contribution in [0.1, 0.15) is 44.1 Å². The van der Waals surface area contributed by atoms with E-state index in [0.717, 1.165) is 22.9 Å². The molecule has 0 saturated heterocycles. The molecule has 0 unspecified atom stereocenters. The Balaban J connectivity index is 1.94. The van der Waals surface area contributed by atoms with Gasteiger partial charge in [-0.15, -0.1) is 0 Å². The normalized spacial score (nSPS) is 18.2. The summed E-state index contributed by atoms with van der Waals surface area (Å²) in [6.07, 6.45) is 7.17. The lowest BCUT2D eigenvalue weighted by Gasteiger charge is -2.35. The molecule has 3 heteroatoms. The van der Waals surface area contributed by atoms with E-state index >= 15 is 0 Å². The highest BCUT2D eigenvalue weighted by atomic mass is 79.9. The molecule has 1 fully saturated rings. The van der Waals surface area contributed by atoms with Gasteiger partial charge in [-0.05, 0) is 42.5 Å². The van der Waals surface area contributed by atoms with E-state index in [1.807, 2.05) is 24.3 Å². The molecule has 1 aromatic carbocycles. The standard InChI is InChI=1S/C16H22BrNO/c17-14-6-4-13(5-7-14)10-15(19)11-16(12-18)8-2-1-3-9-16/h4-7H,1-3,8-12,18H2. The predicted molar refractivity (Wildman–Crippen MR) is 82.0 cm³/mol. The van der Waals surface area contributed by atoms with Gasteiger partial charge in [0.25, 0.3) is 0 Å². The van der Waals surface area contributed by atoms with Gasteiger partial charge in [-0.1, -0.05) is 47.3 Å². The van der Waals surface area contributed by atoms with Gasteiger partial charge in [-0.2, -0.15) is 0 Å². The zero-order valence-electron chi connectivity index (χ0n) is 11.3. The van der Waals surface area contributed by atoms with E-state index in [1.165, 1.54) is 19.3 Å². The average molecular weight is 324 g/mol. The van der Waals surface area contributed by atoms with Crippen molar-refractivity contribution in [2.45, 2.75) is 44.9 Å². The van der Waals surface area contributed by atoms with Crippen molar-refractivity contribution >= 4 is 21.7 Å². The number of benzene rings is 1.